The fraction of sp³-hybridized carbons (Fsp3) is 0.333. The molecule has 0 bridgehead atoms. The number of pyridine rings is 2. The van der Waals surface area contributed by atoms with Gasteiger partial charge in [-0.1, -0.05) is 69.7 Å². The second-order valence-electron chi connectivity index (χ2n) is 13.1. The Morgan fingerprint density at radius 2 is 1.65 bits per heavy atom. The second kappa shape index (κ2) is 11.7. The minimum Gasteiger partial charge on any atom is -0.359 e. The third-order valence-electron chi connectivity index (χ3n) is 11.1. The van der Waals surface area contributed by atoms with Crippen LogP contribution in [0.5, 0.6) is 0 Å². The molecule has 2 aromatic heterocycles. The lowest BCUT2D eigenvalue weighted by Gasteiger charge is -2.61. The number of benzene rings is 2. The number of nitrogens with zero attached hydrogens (tertiary/aromatic N) is 6. The number of anilines is 5. The normalized spacial score (nSPS) is 23.1. The van der Waals surface area contributed by atoms with Crippen molar-refractivity contribution in [2.24, 2.45) is 7.05 Å². The molecule has 0 N–H and O–H groups in total. The summed E-state index contributed by atoms with van der Waals surface area (Å²) in [4.78, 5) is 15.2. The summed E-state index contributed by atoms with van der Waals surface area (Å²) in [6.07, 6.45) is 16.3. The SMILES string of the molecule is C=CC1(CC)c2ccc(CCCC)cc2N2C=CN(C)C2C1(CC)B1N(c2ccccn2)c2ccccc2N1c1cccc[n+]1C. The summed E-state index contributed by atoms with van der Waals surface area (Å²) in [6, 6.07) is 28.9. The monoisotopic (exact) mass is 609 g/mol. The van der Waals surface area contributed by atoms with Crippen LogP contribution in [-0.2, 0) is 18.9 Å². The number of allylic oxidation sites excluding steroid dienone is 1. The molecule has 2 aromatic carbocycles. The van der Waals surface area contributed by atoms with Crippen LogP contribution in [0.25, 0.3) is 0 Å². The fourth-order valence-corrected chi connectivity index (χ4v) is 9.02. The van der Waals surface area contributed by atoms with Gasteiger partial charge in [-0.15, -0.1) is 6.58 Å². The first kappa shape index (κ1) is 30.2. The van der Waals surface area contributed by atoms with Crippen LogP contribution in [0.15, 0.2) is 116 Å². The molecule has 3 aliphatic rings. The molecule has 0 radical (unpaired) electrons. The first-order chi connectivity index (χ1) is 22.5. The lowest BCUT2D eigenvalue weighted by molar-refractivity contribution is -0.658. The lowest BCUT2D eigenvalue weighted by atomic mass is 9.33. The Morgan fingerprint density at radius 1 is 0.891 bits per heavy atom. The summed E-state index contributed by atoms with van der Waals surface area (Å²) in [6.45, 7) is 11.6. The maximum Gasteiger partial charge on any atom is 0.519 e. The number of hydrogen-bond donors (Lipinski definition) is 0. The average molecular weight is 610 g/mol. The van der Waals surface area contributed by atoms with Gasteiger partial charge in [0.05, 0.1) is 24.2 Å². The van der Waals surface area contributed by atoms with E-state index in [1.165, 1.54) is 35.3 Å². The van der Waals surface area contributed by atoms with E-state index in [4.69, 9.17) is 11.6 Å². The van der Waals surface area contributed by atoms with Gasteiger partial charge in [-0.3, -0.25) is 4.81 Å². The second-order valence-corrected chi connectivity index (χ2v) is 13.1. The summed E-state index contributed by atoms with van der Waals surface area (Å²) >= 11 is 0. The van der Waals surface area contributed by atoms with Gasteiger partial charge in [0.1, 0.15) is 17.7 Å². The van der Waals surface area contributed by atoms with Gasteiger partial charge in [-0.05, 0) is 73.2 Å². The largest absolute Gasteiger partial charge is 0.519 e. The standard InChI is InChI=1S/C39H46BN6/c1-7-11-18-30-23-24-31-34(29-30)44-28-27-43(6)37(44)39(10-4,38(31,8-2)9-3)40-45(35-21-14-16-25-41-35)32-19-12-13-20-33(32)46(40)36-22-15-17-26-42(36)5/h8,12-17,19-29,37H,2,7,9-11,18H2,1,3-6H3/q+1. The van der Waals surface area contributed by atoms with E-state index in [0.29, 0.717) is 0 Å². The predicted octanol–water partition coefficient (Wildman–Crippen LogP) is 8.27. The third-order valence-corrected chi connectivity index (χ3v) is 11.1. The van der Waals surface area contributed by atoms with E-state index in [0.717, 1.165) is 36.6 Å². The van der Waals surface area contributed by atoms with Crippen LogP contribution in [0, 0.1) is 0 Å². The smallest absolute Gasteiger partial charge is 0.359 e. The number of aromatic nitrogens is 2. The maximum atomic E-state index is 5.03. The van der Waals surface area contributed by atoms with Crippen LogP contribution in [0.3, 0.4) is 0 Å². The van der Waals surface area contributed by atoms with Crippen molar-refractivity contribution in [3.05, 3.63) is 127 Å². The molecule has 6 nitrogen and oxygen atoms in total. The number of rotatable bonds is 9. The molecular weight excluding hydrogens is 563 g/mol. The maximum absolute atomic E-state index is 5.03. The number of hydrogen-bond acceptors (Lipinski definition) is 5. The highest BCUT2D eigenvalue weighted by Gasteiger charge is 2.74. The molecule has 0 fully saturated rings. The topological polar surface area (TPSA) is 29.7 Å². The molecule has 3 aliphatic heterocycles. The summed E-state index contributed by atoms with van der Waals surface area (Å²) in [5, 5.41) is -0.390. The van der Waals surface area contributed by atoms with Gasteiger partial charge >= 0.3 is 6.98 Å². The van der Waals surface area contributed by atoms with Crippen LogP contribution < -0.4 is 19.1 Å². The zero-order chi connectivity index (χ0) is 32.1. The minimum atomic E-state index is -0.390. The molecule has 3 unspecified atom stereocenters. The van der Waals surface area contributed by atoms with Crippen LogP contribution >= 0.6 is 0 Å². The number of unbranched alkanes of at least 4 members (excludes halogenated alkanes) is 1. The molecule has 3 atom stereocenters. The quantitative estimate of drug-likeness (QED) is 0.108. The Balaban J connectivity index is 1.58. The van der Waals surface area contributed by atoms with E-state index < -0.39 is 0 Å². The highest BCUT2D eigenvalue weighted by molar-refractivity contribution is 6.76. The van der Waals surface area contributed by atoms with Gasteiger partial charge in [0.2, 0.25) is 0 Å². The van der Waals surface area contributed by atoms with Gasteiger partial charge in [-0.2, -0.15) is 0 Å². The number of para-hydroxylation sites is 2. The molecule has 0 amide bonds. The van der Waals surface area contributed by atoms with E-state index in [1.54, 1.807) is 0 Å². The summed E-state index contributed by atoms with van der Waals surface area (Å²) in [5.41, 5.74) is 6.05. The molecule has 0 saturated carbocycles. The molecule has 4 aromatic rings. The van der Waals surface area contributed by atoms with Crippen molar-refractivity contribution in [1.82, 2.24) is 9.88 Å². The summed E-state index contributed by atoms with van der Waals surface area (Å²) in [5.74, 6) is 2.09. The molecule has 7 heteroatoms. The molecule has 234 valence electrons. The first-order valence-electron chi connectivity index (χ1n) is 17.0. The molecule has 5 heterocycles. The zero-order valence-corrected chi connectivity index (χ0v) is 28.0. The lowest BCUT2D eigenvalue weighted by Crippen LogP contribution is -2.71. The van der Waals surface area contributed by atoms with Crippen LogP contribution in [0.4, 0.5) is 28.7 Å². The molecule has 46 heavy (non-hydrogen) atoms. The Labute approximate surface area is 275 Å². The van der Waals surface area contributed by atoms with E-state index in [1.807, 2.05) is 12.3 Å². The van der Waals surface area contributed by atoms with E-state index in [9.17, 15) is 0 Å². The van der Waals surface area contributed by atoms with Crippen LogP contribution in [0.1, 0.15) is 57.6 Å². The van der Waals surface area contributed by atoms with Crippen molar-refractivity contribution in [3.8, 4) is 0 Å². The number of fused-ring (bicyclic) bond motifs is 4. The Hall–Kier alpha value is -4.52. The van der Waals surface area contributed by atoms with Crippen LogP contribution in [-0.4, -0.2) is 30.1 Å². The molecule has 0 aliphatic carbocycles. The van der Waals surface area contributed by atoms with Crippen molar-refractivity contribution >= 4 is 35.7 Å². The van der Waals surface area contributed by atoms with Crippen molar-refractivity contribution in [3.63, 3.8) is 0 Å². The highest BCUT2D eigenvalue weighted by Crippen LogP contribution is 2.69. The van der Waals surface area contributed by atoms with E-state index >= 15 is 0 Å². The third kappa shape index (κ3) is 4.10. The predicted molar refractivity (Wildman–Crippen MR) is 192 cm³/mol. The van der Waals surface area contributed by atoms with E-state index in [2.05, 4.69) is 156 Å². The first-order valence-corrected chi connectivity index (χ1v) is 17.0. The summed E-state index contributed by atoms with van der Waals surface area (Å²) in [7, 11) is 4.41. The fourth-order valence-electron chi connectivity index (χ4n) is 9.02. The summed E-state index contributed by atoms with van der Waals surface area (Å²) < 4.78 is 2.25. The van der Waals surface area contributed by atoms with E-state index in [-0.39, 0.29) is 23.9 Å². The van der Waals surface area contributed by atoms with Crippen molar-refractivity contribution in [2.75, 3.05) is 21.6 Å². The van der Waals surface area contributed by atoms with Gasteiger partial charge in [0.15, 0.2) is 0 Å². The zero-order valence-electron chi connectivity index (χ0n) is 28.0. The Kier molecular flexibility index (Phi) is 7.66. The van der Waals surface area contributed by atoms with Gasteiger partial charge in [0, 0.05) is 42.8 Å². The highest BCUT2D eigenvalue weighted by atomic mass is 15.4. The van der Waals surface area contributed by atoms with Gasteiger partial charge in [-0.25, -0.2) is 9.55 Å². The minimum absolute atomic E-state index is 0.0337. The molecule has 7 rings (SSSR count). The van der Waals surface area contributed by atoms with Gasteiger partial charge in [0.25, 0.3) is 5.82 Å². The van der Waals surface area contributed by atoms with Gasteiger partial charge < -0.3 is 14.6 Å². The molecule has 0 spiro atoms. The van der Waals surface area contributed by atoms with Crippen molar-refractivity contribution < 1.29 is 4.57 Å². The Bertz CT molecular complexity index is 1770. The molecule has 0 saturated heterocycles. The van der Waals surface area contributed by atoms with Crippen molar-refractivity contribution in [2.45, 2.75) is 69.8 Å². The Morgan fingerprint density at radius 3 is 2.33 bits per heavy atom. The molecular formula is C39H46BN6+. The average Bonchev–Trinajstić information content (AvgIpc) is 3.66. The number of aryl methyl sites for hydroxylation is 2. The van der Waals surface area contributed by atoms with Crippen LogP contribution in [0.2, 0.25) is 5.31 Å². The van der Waals surface area contributed by atoms with Crippen molar-refractivity contribution in [1.29, 1.82) is 0 Å².